The van der Waals surface area contributed by atoms with Crippen LogP contribution in [0.5, 0.6) is 11.5 Å². The normalized spacial score (nSPS) is 10.4. The molecule has 0 unspecified atom stereocenters. The SMILES string of the molecule is COc1cccc(OC)c1C(=O)Nc1ccc(SCC(=O)c2ccccc2Cl)cc1. The Hall–Kier alpha value is -2.96. The Kier molecular flexibility index (Phi) is 7.38. The Morgan fingerprint density at radius 3 is 2.13 bits per heavy atom. The number of carbonyl (C=O) groups is 2. The molecule has 0 spiro atoms. The molecule has 0 atom stereocenters. The Labute approximate surface area is 184 Å². The fraction of sp³-hybridized carbons (Fsp3) is 0.130. The molecule has 1 amide bonds. The number of hydrogen-bond donors (Lipinski definition) is 1. The lowest BCUT2D eigenvalue weighted by molar-refractivity contribution is 0.101. The van der Waals surface area contributed by atoms with E-state index in [1.54, 1.807) is 54.6 Å². The molecule has 1 N–H and O–H groups in total. The minimum atomic E-state index is -0.335. The zero-order valence-corrected chi connectivity index (χ0v) is 18.0. The van der Waals surface area contributed by atoms with Gasteiger partial charge < -0.3 is 14.8 Å². The molecule has 0 heterocycles. The van der Waals surface area contributed by atoms with E-state index in [-0.39, 0.29) is 17.4 Å². The highest BCUT2D eigenvalue weighted by Gasteiger charge is 2.18. The van der Waals surface area contributed by atoms with Gasteiger partial charge in [0.15, 0.2) is 5.78 Å². The first-order valence-electron chi connectivity index (χ1n) is 9.06. The second-order valence-corrected chi connectivity index (χ2v) is 7.66. The van der Waals surface area contributed by atoms with Crippen molar-refractivity contribution in [2.24, 2.45) is 0 Å². The number of benzene rings is 3. The van der Waals surface area contributed by atoms with E-state index in [4.69, 9.17) is 21.1 Å². The van der Waals surface area contributed by atoms with Crippen LogP contribution in [0.15, 0.2) is 71.6 Å². The molecular formula is C23H20ClNO4S. The maximum Gasteiger partial charge on any atom is 0.263 e. The predicted octanol–water partition coefficient (Wildman–Crippen LogP) is 5.58. The van der Waals surface area contributed by atoms with Gasteiger partial charge in [0.2, 0.25) is 0 Å². The van der Waals surface area contributed by atoms with Crippen molar-refractivity contribution in [3.8, 4) is 11.5 Å². The van der Waals surface area contributed by atoms with E-state index in [9.17, 15) is 9.59 Å². The predicted molar refractivity (Wildman–Crippen MR) is 120 cm³/mol. The monoisotopic (exact) mass is 441 g/mol. The summed E-state index contributed by atoms with van der Waals surface area (Å²) in [4.78, 5) is 26.0. The summed E-state index contributed by atoms with van der Waals surface area (Å²) in [6.45, 7) is 0. The van der Waals surface area contributed by atoms with Crippen LogP contribution in [0.2, 0.25) is 5.02 Å². The minimum absolute atomic E-state index is 0.0359. The van der Waals surface area contributed by atoms with Crippen LogP contribution in [0.3, 0.4) is 0 Å². The number of ketones is 1. The third kappa shape index (κ3) is 5.14. The Balaban J connectivity index is 1.65. The van der Waals surface area contributed by atoms with Crippen molar-refractivity contribution >= 4 is 40.7 Å². The summed E-state index contributed by atoms with van der Waals surface area (Å²) >= 11 is 7.48. The number of carbonyl (C=O) groups excluding carboxylic acids is 2. The molecule has 0 bridgehead atoms. The van der Waals surface area contributed by atoms with Gasteiger partial charge in [-0.05, 0) is 48.5 Å². The molecule has 3 aromatic carbocycles. The van der Waals surface area contributed by atoms with E-state index >= 15 is 0 Å². The van der Waals surface area contributed by atoms with E-state index < -0.39 is 0 Å². The quantitative estimate of drug-likeness (QED) is 0.365. The van der Waals surface area contributed by atoms with Crippen molar-refractivity contribution in [1.82, 2.24) is 0 Å². The molecule has 5 nitrogen and oxygen atoms in total. The average molecular weight is 442 g/mol. The van der Waals surface area contributed by atoms with Gasteiger partial charge in [-0.2, -0.15) is 0 Å². The zero-order valence-electron chi connectivity index (χ0n) is 16.5. The first kappa shape index (κ1) is 21.7. The fourth-order valence-corrected chi connectivity index (χ4v) is 3.84. The standard InChI is InChI=1S/C23H20ClNO4S/c1-28-20-8-5-9-21(29-2)22(20)23(27)25-15-10-12-16(13-11-15)30-14-19(26)17-6-3-4-7-18(17)24/h3-13H,14H2,1-2H3,(H,25,27). The van der Waals surface area contributed by atoms with Crippen LogP contribution in [-0.2, 0) is 0 Å². The number of rotatable bonds is 8. The molecule has 0 aliphatic rings. The van der Waals surface area contributed by atoms with Gasteiger partial charge in [0.1, 0.15) is 17.1 Å². The summed E-state index contributed by atoms with van der Waals surface area (Å²) in [7, 11) is 3.00. The van der Waals surface area contributed by atoms with E-state index in [0.29, 0.717) is 33.3 Å². The molecule has 0 fully saturated rings. The molecule has 0 saturated heterocycles. The fourth-order valence-electron chi connectivity index (χ4n) is 2.82. The van der Waals surface area contributed by atoms with Crippen LogP contribution in [0.4, 0.5) is 5.69 Å². The molecule has 0 aromatic heterocycles. The second-order valence-electron chi connectivity index (χ2n) is 6.21. The van der Waals surface area contributed by atoms with Gasteiger partial charge in [0.05, 0.1) is 25.0 Å². The Bertz CT molecular complexity index is 1030. The van der Waals surface area contributed by atoms with Crippen molar-refractivity contribution in [3.05, 3.63) is 82.9 Å². The van der Waals surface area contributed by atoms with Gasteiger partial charge in [0, 0.05) is 16.1 Å². The topological polar surface area (TPSA) is 64.6 Å². The first-order valence-corrected chi connectivity index (χ1v) is 10.4. The lowest BCUT2D eigenvalue weighted by Gasteiger charge is -2.13. The number of Topliss-reactive ketones (excluding diaryl/α,β-unsaturated/α-hetero) is 1. The van der Waals surface area contributed by atoms with Crippen molar-refractivity contribution in [2.75, 3.05) is 25.3 Å². The maximum absolute atomic E-state index is 12.7. The van der Waals surface area contributed by atoms with Crippen molar-refractivity contribution < 1.29 is 19.1 Å². The van der Waals surface area contributed by atoms with Crippen LogP contribution < -0.4 is 14.8 Å². The lowest BCUT2D eigenvalue weighted by Crippen LogP contribution is -2.14. The lowest BCUT2D eigenvalue weighted by atomic mass is 10.1. The number of amides is 1. The van der Waals surface area contributed by atoms with Crippen molar-refractivity contribution in [2.45, 2.75) is 4.90 Å². The molecule has 0 aliphatic carbocycles. The van der Waals surface area contributed by atoms with Crippen LogP contribution in [-0.4, -0.2) is 31.7 Å². The number of thioether (sulfide) groups is 1. The number of anilines is 1. The molecule has 3 aromatic rings. The molecular weight excluding hydrogens is 422 g/mol. The van der Waals surface area contributed by atoms with Gasteiger partial charge >= 0.3 is 0 Å². The third-order valence-electron chi connectivity index (χ3n) is 4.31. The first-order chi connectivity index (χ1) is 14.5. The van der Waals surface area contributed by atoms with Crippen LogP contribution >= 0.6 is 23.4 Å². The minimum Gasteiger partial charge on any atom is -0.496 e. The zero-order chi connectivity index (χ0) is 21.5. The maximum atomic E-state index is 12.7. The average Bonchev–Trinajstić information content (AvgIpc) is 2.78. The van der Waals surface area contributed by atoms with Gasteiger partial charge in [-0.15, -0.1) is 11.8 Å². The Morgan fingerprint density at radius 2 is 1.53 bits per heavy atom. The summed E-state index contributed by atoms with van der Waals surface area (Å²) in [6.07, 6.45) is 0. The van der Waals surface area contributed by atoms with Crippen LogP contribution in [0, 0.1) is 0 Å². The van der Waals surface area contributed by atoms with Crippen molar-refractivity contribution in [3.63, 3.8) is 0 Å². The smallest absolute Gasteiger partial charge is 0.263 e. The summed E-state index contributed by atoms with van der Waals surface area (Å²) in [5, 5.41) is 3.29. The molecule has 30 heavy (non-hydrogen) atoms. The van der Waals surface area contributed by atoms with E-state index in [2.05, 4.69) is 5.32 Å². The molecule has 0 radical (unpaired) electrons. The van der Waals surface area contributed by atoms with Gasteiger partial charge in [0.25, 0.3) is 5.91 Å². The van der Waals surface area contributed by atoms with Crippen molar-refractivity contribution in [1.29, 1.82) is 0 Å². The largest absolute Gasteiger partial charge is 0.496 e. The highest BCUT2D eigenvalue weighted by atomic mass is 35.5. The number of halogens is 1. The summed E-state index contributed by atoms with van der Waals surface area (Å²) in [5.41, 5.74) is 1.46. The number of ether oxygens (including phenoxy) is 2. The summed E-state index contributed by atoms with van der Waals surface area (Å²) in [5.74, 6) is 0.757. The number of methoxy groups -OCH3 is 2. The highest BCUT2D eigenvalue weighted by Crippen LogP contribution is 2.29. The molecule has 0 saturated carbocycles. The van der Waals surface area contributed by atoms with Gasteiger partial charge in [-0.1, -0.05) is 29.8 Å². The molecule has 0 aliphatic heterocycles. The number of nitrogens with one attached hydrogen (secondary N) is 1. The Morgan fingerprint density at radius 1 is 0.900 bits per heavy atom. The summed E-state index contributed by atoms with van der Waals surface area (Å²) in [6, 6.07) is 19.4. The van der Waals surface area contributed by atoms with Gasteiger partial charge in [-0.3, -0.25) is 9.59 Å². The van der Waals surface area contributed by atoms with E-state index in [1.807, 2.05) is 12.1 Å². The van der Waals surface area contributed by atoms with Crippen LogP contribution in [0.1, 0.15) is 20.7 Å². The third-order valence-corrected chi connectivity index (χ3v) is 5.65. The molecule has 154 valence electrons. The van der Waals surface area contributed by atoms with Gasteiger partial charge in [-0.25, -0.2) is 0 Å². The second kappa shape index (κ2) is 10.2. The summed E-state index contributed by atoms with van der Waals surface area (Å²) < 4.78 is 10.6. The number of hydrogen-bond acceptors (Lipinski definition) is 5. The molecule has 3 rings (SSSR count). The highest BCUT2D eigenvalue weighted by molar-refractivity contribution is 8.00. The van der Waals surface area contributed by atoms with E-state index in [0.717, 1.165) is 4.90 Å². The molecule has 7 heteroatoms. The van der Waals surface area contributed by atoms with E-state index in [1.165, 1.54) is 26.0 Å². The van der Waals surface area contributed by atoms with Crippen LogP contribution in [0.25, 0.3) is 0 Å².